The second-order valence-electron chi connectivity index (χ2n) is 5.79. The van der Waals surface area contributed by atoms with Gasteiger partial charge >= 0.3 is 6.09 Å². The zero-order valence-corrected chi connectivity index (χ0v) is 14.4. The first-order valence-electron chi connectivity index (χ1n) is 7.71. The Morgan fingerprint density at radius 1 is 1.17 bits per heavy atom. The maximum Gasteiger partial charge on any atom is 0.409 e. The topological polar surface area (TPSA) is 95.9 Å². The minimum Gasteiger partial charge on any atom is -0.453 e. The van der Waals surface area contributed by atoms with Crippen LogP contribution in [0.5, 0.6) is 0 Å². The molecule has 1 unspecified atom stereocenters. The number of piperazine rings is 1. The molecule has 10 heteroatoms. The summed E-state index contributed by atoms with van der Waals surface area (Å²) in [4.78, 5) is 41.1. The van der Waals surface area contributed by atoms with E-state index in [0.717, 1.165) is 5.01 Å². The van der Waals surface area contributed by atoms with Gasteiger partial charge in [-0.1, -0.05) is 11.3 Å². The highest BCUT2D eigenvalue weighted by Crippen LogP contribution is 2.28. The lowest BCUT2D eigenvalue weighted by Gasteiger charge is -2.35. The van der Waals surface area contributed by atoms with Crippen LogP contribution in [0.3, 0.4) is 0 Å². The van der Waals surface area contributed by atoms with Gasteiger partial charge in [0.05, 0.1) is 13.0 Å². The summed E-state index contributed by atoms with van der Waals surface area (Å²) in [6.45, 7) is 3.96. The highest BCUT2D eigenvalue weighted by Gasteiger charge is 2.39. The number of aromatic nitrogens is 2. The third-order valence-electron chi connectivity index (χ3n) is 4.24. The van der Waals surface area contributed by atoms with Crippen LogP contribution in [0.15, 0.2) is 0 Å². The van der Waals surface area contributed by atoms with Crippen LogP contribution in [-0.4, -0.2) is 77.7 Å². The van der Waals surface area contributed by atoms with Crippen LogP contribution in [0, 0.1) is 12.8 Å². The molecule has 2 aliphatic rings. The maximum atomic E-state index is 12.7. The van der Waals surface area contributed by atoms with Crippen molar-refractivity contribution in [2.24, 2.45) is 5.92 Å². The van der Waals surface area contributed by atoms with Gasteiger partial charge in [-0.3, -0.25) is 14.5 Å². The summed E-state index contributed by atoms with van der Waals surface area (Å²) in [6, 6.07) is 0. The number of amides is 3. The van der Waals surface area contributed by atoms with E-state index in [2.05, 4.69) is 14.9 Å². The number of rotatable bonds is 2. The van der Waals surface area contributed by atoms with Crippen molar-refractivity contribution in [3.05, 3.63) is 5.01 Å². The number of ether oxygens (including phenoxy) is 1. The van der Waals surface area contributed by atoms with Crippen LogP contribution in [-0.2, 0) is 14.3 Å². The van der Waals surface area contributed by atoms with Crippen molar-refractivity contribution in [3.63, 3.8) is 0 Å². The minimum absolute atomic E-state index is 0.0448. The van der Waals surface area contributed by atoms with Crippen LogP contribution in [0.25, 0.3) is 0 Å². The first kappa shape index (κ1) is 16.6. The van der Waals surface area contributed by atoms with Gasteiger partial charge in [0.1, 0.15) is 5.01 Å². The van der Waals surface area contributed by atoms with Crippen molar-refractivity contribution < 1.29 is 19.1 Å². The number of anilines is 1. The lowest BCUT2D eigenvalue weighted by atomic mass is 10.1. The van der Waals surface area contributed by atoms with E-state index in [0.29, 0.717) is 37.9 Å². The normalized spacial score (nSPS) is 21.3. The molecule has 0 N–H and O–H groups in total. The van der Waals surface area contributed by atoms with E-state index in [-0.39, 0.29) is 30.2 Å². The zero-order chi connectivity index (χ0) is 17.3. The molecule has 2 saturated heterocycles. The van der Waals surface area contributed by atoms with E-state index in [4.69, 9.17) is 0 Å². The highest BCUT2D eigenvalue weighted by atomic mass is 32.1. The summed E-state index contributed by atoms with van der Waals surface area (Å²) in [6.07, 6.45) is -0.190. The second-order valence-corrected chi connectivity index (χ2v) is 6.95. The molecule has 0 saturated carbocycles. The van der Waals surface area contributed by atoms with Crippen molar-refractivity contribution in [2.45, 2.75) is 13.3 Å². The largest absolute Gasteiger partial charge is 0.453 e. The van der Waals surface area contributed by atoms with Crippen molar-refractivity contribution in [1.82, 2.24) is 20.0 Å². The second kappa shape index (κ2) is 6.71. The Labute approximate surface area is 143 Å². The monoisotopic (exact) mass is 353 g/mol. The lowest BCUT2D eigenvalue weighted by Crippen LogP contribution is -2.52. The van der Waals surface area contributed by atoms with E-state index in [9.17, 15) is 14.4 Å². The molecule has 2 aliphatic heterocycles. The molecular formula is C14H19N5O4S. The number of hydrogen-bond acceptors (Lipinski definition) is 7. The fourth-order valence-electron chi connectivity index (χ4n) is 2.95. The Balaban J connectivity index is 1.59. The van der Waals surface area contributed by atoms with Gasteiger partial charge in [-0.05, 0) is 6.92 Å². The molecule has 1 atom stereocenters. The fraction of sp³-hybridized carbons (Fsp3) is 0.643. The van der Waals surface area contributed by atoms with Gasteiger partial charge in [0.25, 0.3) is 0 Å². The van der Waals surface area contributed by atoms with Crippen molar-refractivity contribution >= 4 is 34.4 Å². The third-order valence-corrected chi connectivity index (χ3v) is 5.11. The molecule has 0 spiro atoms. The van der Waals surface area contributed by atoms with Gasteiger partial charge < -0.3 is 14.5 Å². The molecule has 0 aromatic carbocycles. The summed E-state index contributed by atoms with van der Waals surface area (Å²) < 4.78 is 4.68. The first-order chi connectivity index (χ1) is 11.5. The molecule has 9 nitrogen and oxygen atoms in total. The summed E-state index contributed by atoms with van der Waals surface area (Å²) in [7, 11) is 1.34. The van der Waals surface area contributed by atoms with Crippen LogP contribution in [0.1, 0.15) is 11.4 Å². The summed E-state index contributed by atoms with van der Waals surface area (Å²) in [5.74, 6) is -0.513. The number of hydrogen-bond donors (Lipinski definition) is 0. The SMILES string of the molecule is COC(=O)N1CCN(C(=O)C2CC(=O)N(c3nnc(C)s3)C2)CC1. The number of methoxy groups -OCH3 is 1. The van der Waals surface area contributed by atoms with Crippen LogP contribution >= 0.6 is 11.3 Å². The molecule has 0 bridgehead atoms. The average Bonchev–Trinajstić information content (AvgIpc) is 3.19. The highest BCUT2D eigenvalue weighted by molar-refractivity contribution is 7.15. The van der Waals surface area contributed by atoms with Gasteiger partial charge in [0.2, 0.25) is 16.9 Å². The third kappa shape index (κ3) is 3.18. The van der Waals surface area contributed by atoms with Gasteiger partial charge in [-0.15, -0.1) is 10.2 Å². The van der Waals surface area contributed by atoms with Gasteiger partial charge in [-0.2, -0.15) is 0 Å². The van der Waals surface area contributed by atoms with E-state index < -0.39 is 0 Å². The Morgan fingerprint density at radius 3 is 2.42 bits per heavy atom. The molecule has 3 amide bonds. The molecule has 3 rings (SSSR count). The predicted octanol–water partition coefficient (Wildman–Crippen LogP) is 0.110. The Morgan fingerprint density at radius 2 is 1.83 bits per heavy atom. The molecule has 24 heavy (non-hydrogen) atoms. The fourth-order valence-corrected chi connectivity index (χ4v) is 3.66. The lowest BCUT2D eigenvalue weighted by molar-refractivity contribution is -0.137. The Bertz CT molecular complexity index is 655. The van der Waals surface area contributed by atoms with Crippen molar-refractivity contribution in [1.29, 1.82) is 0 Å². The van der Waals surface area contributed by atoms with Gasteiger partial charge in [-0.25, -0.2) is 4.79 Å². The minimum atomic E-state index is -0.379. The number of carbonyl (C=O) groups excluding carboxylic acids is 3. The van der Waals surface area contributed by atoms with Gasteiger partial charge in [0, 0.05) is 39.1 Å². The van der Waals surface area contributed by atoms with E-state index in [1.54, 1.807) is 9.80 Å². The van der Waals surface area contributed by atoms with E-state index in [1.165, 1.54) is 23.3 Å². The Hall–Kier alpha value is -2.23. The van der Waals surface area contributed by atoms with Crippen molar-refractivity contribution in [2.75, 3.05) is 44.7 Å². The van der Waals surface area contributed by atoms with Crippen LogP contribution in [0.4, 0.5) is 9.93 Å². The number of nitrogens with zero attached hydrogens (tertiary/aromatic N) is 5. The standard InChI is InChI=1S/C14H19N5O4S/c1-9-15-16-13(24-9)19-8-10(7-11(19)20)12(21)17-3-5-18(6-4-17)14(22)23-2/h10H,3-8H2,1-2H3. The molecule has 1 aromatic heterocycles. The molecule has 1 aromatic rings. The maximum absolute atomic E-state index is 12.7. The first-order valence-corrected chi connectivity index (χ1v) is 8.53. The number of aryl methyl sites for hydroxylation is 1. The molecule has 0 radical (unpaired) electrons. The van der Waals surface area contributed by atoms with Crippen molar-refractivity contribution in [3.8, 4) is 0 Å². The Kier molecular flexibility index (Phi) is 4.65. The quantitative estimate of drug-likeness (QED) is 0.749. The predicted molar refractivity (Wildman–Crippen MR) is 85.7 cm³/mol. The van der Waals surface area contributed by atoms with Crippen LogP contribution in [0.2, 0.25) is 0 Å². The smallest absolute Gasteiger partial charge is 0.409 e. The van der Waals surface area contributed by atoms with Gasteiger partial charge in [0.15, 0.2) is 0 Å². The number of carbonyl (C=O) groups is 3. The summed E-state index contributed by atoms with van der Waals surface area (Å²) >= 11 is 1.34. The van der Waals surface area contributed by atoms with E-state index in [1.807, 2.05) is 6.92 Å². The summed E-state index contributed by atoms with van der Waals surface area (Å²) in [5.41, 5.74) is 0. The zero-order valence-electron chi connectivity index (χ0n) is 13.6. The van der Waals surface area contributed by atoms with E-state index >= 15 is 0 Å². The molecule has 2 fully saturated rings. The average molecular weight is 353 g/mol. The molecule has 0 aliphatic carbocycles. The summed E-state index contributed by atoms with van der Waals surface area (Å²) in [5, 5.41) is 9.23. The molecule has 3 heterocycles. The molecular weight excluding hydrogens is 334 g/mol. The van der Waals surface area contributed by atoms with Crippen LogP contribution < -0.4 is 4.90 Å². The molecule has 130 valence electrons.